The molecule has 168 valence electrons. The highest BCUT2D eigenvalue weighted by Gasteiger charge is 2.31. The molecule has 0 radical (unpaired) electrons. The maximum Gasteiger partial charge on any atom is 0.481 e. The number of rotatable bonds is 19. The van der Waals surface area contributed by atoms with Crippen LogP contribution in [0.3, 0.4) is 0 Å². The Balaban J connectivity index is 1.93. The summed E-state index contributed by atoms with van der Waals surface area (Å²) in [6.07, 6.45) is 15.6. The van der Waals surface area contributed by atoms with E-state index in [9.17, 15) is 14.0 Å². The average Bonchev–Trinajstić information content (AvgIpc) is 3.40. The van der Waals surface area contributed by atoms with Gasteiger partial charge in [-0.1, -0.05) is 77.6 Å². The summed E-state index contributed by atoms with van der Waals surface area (Å²) in [6.45, 7) is 3.09. The fourth-order valence-electron chi connectivity index (χ4n) is 3.35. The van der Waals surface area contributed by atoms with Gasteiger partial charge in [-0.25, -0.2) is 9.13 Å². The molecular formula is C18H38O8P2. The summed E-state index contributed by atoms with van der Waals surface area (Å²) in [6, 6.07) is 0. The van der Waals surface area contributed by atoms with Crippen LogP contribution >= 0.6 is 15.6 Å². The second-order valence-electron chi connectivity index (χ2n) is 7.65. The van der Waals surface area contributed by atoms with Crippen molar-refractivity contribution in [3.05, 3.63) is 0 Å². The Morgan fingerprint density at radius 2 is 1.46 bits per heavy atom. The van der Waals surface area contributed by atoms with E-state index < -0.39 is 15.6 Å². The van der Waals surface area contributed by atoms with Gasteiger partial charge in [0.2, 0.25) is 0 Å². The molecule has 0 aromatic heterocycles. The second kappa shape index (κ2) is 14.3. The third-order valence-corrected chi connectivity index (χ3v) is 7.27. The largest absolute Gasteiger partial charge is 0.481 e. The molecule has 3 unspecified atom stereocenters. The quantitative estimate of drug-likeness (QED) is 0.139. The van der Waals surface area contributed by atoms with Gasteiger partial charge in [0.25, 0.3) is 0 Å². The van der Waals surface area contributed by atoms with Gasteiger partial charge in [0.15, 0.2) is 0 Å². The van der Waals surface area contributed by atoms with Gasteiger partial charge in [-0.2, -0.15) is 4.31 Å². The average molecular weight is 444 g/mol. The minimum absolute atomic E-state index is 0.0584. The summed E-state index contributed by atoms with van der Waals surface area (Å²) >= 11 is 0. The lowest BCUT2D eigenvalue weighted by atomic mass is 9.93. The van der Waals surface area contributed by atoms with Crippen molar-refractivity contribution >= 4 is 15.6 Å². The highest BCUT2D eigenvalue weighted by molar-refractivity contribution is 7.60. The van der Waals surface area contributed by atoms with Crippen LogP contribution in [0.5, 0.6) is 0 Å². The Labute approximate surface area is 169 Å². The van der Waals surface area contributed by atoms with E-state index in [1.165, 1.54) is 57.8 Å². The molecule has 0 spiro atoms. The summed E-state index contributed by atoms with van der Waals surface area (Å²) < 4.78 is 35.4. The van der Waals surface area contributed by atoms with Crippen LogP contribution in [0.4, 0.5) is 0 Å². The molecule has 3 atom stereocenters. The maximum atomic E-state index is 11.3. The van der Waals surface area contributed by atoms with E-state index in [0.29, 0.717) is 18.4 Å². The summed E-state index contributed by atoms with van der Waals surface area (Å²) in [4.78, 5) is 26.2. The molecule has 8 nitrogen and oxygen atoms in total. The number of hydrogen-bond donors (Lipinski definition) is 3. The number of ether oxygens (including phenoxy) is 1. The molecular weight excluding hydrogens is 406 g/mol. The molecule has 1 fully saturated rings. The molecule has 10 heteroatoms. The Morgan fingerprint density at radius 1 is 0.929 bits per heavy atom. The predicted molar refractivity (Wildman–Crippen MR) is 108 cm³/mol. The highest BCUT2D eigenvalue weighted by Crippen LogP contribution is 2.57. The fourth-order valence-corrected chi connectivity index (χ4v) is 4.97. The summed E-state index contributed by atoms with van der Waals surface area (Å²) in [5.74, 6) is 0.644. The zero-order valence-electron chi connectivity index (χ0n) is 17.0. The van der Waals surface area contributed by atoms with E-state index in [2.05, 4.69) is 15.8 Å². The van der Waals surface area contributed by atoms with E-state index >= 15 is 0 Å². The van der Waals surface area contributed by atoms with Crippen LogP contribution in [-0.2, 0) is 22.7 Å². The van der Waals surface area contributed by atoms with Crippen molar-refractivity contribution in [2.24, 2.45) is 5.92 Å². The number of hydrogen-bond acceptors (Lipinski definition) is 5. The van der Waals surface area contributed by atoms with Crippen molar-refractivity contribution < 1.29 is 37.4 Å². The summed E-state index contributed by atoms with van der Waals surface area (Å²) in [5, 5.41) is 0. The van der Waals surface area contributed by atoms with Crippen molar-refractivity contribution in [2.75, 3.05) is 13.2 Å². The molecule has 0 aromatic carbocycles. The molecule has 0 aliphatic carbocycles. The van der Waals surface area contributed by atoms with Gasteiger partial charge in [0, 0.05) is 0 Å². The fraction of sp³-hybridized carbons (Fsp3) is 1.00. The van der Waals surface area contributed by atoms with Gasteiger partial charge in [-0.15, -0.1) is 0 Å². The third-order valence-electron chi connectivity index (χ3n) is 5.09. The van der Waals surface area contributed by atoms with Crippen LogP contribution in [0.1, 0.15) is 90.4 Å². The zero-order valence-corrected chi connectivity index (χ0v) is 18.8. The van der Waals surface area contributed by atoms with Gasteiger partial charge in [-0.3, -0.25) is 4.52 Å². The zero-order chi connectivity index (χ0) is 20.9. The SMILES string of the molecule is CCC(CCCCCCCCCC1CO1)CCCCOP(=O)(O)OP(=O)(O)O. The van der Waals surface area contributed by atoms with Crippen molar-refractivity contribution in [2.45, 2.75) is 96.5 Å². The monoisotopic (exact) mass is 444 g/mol. The normalized spacial score (nSPS) is 20.1. The number of unbranched alkanes of at least 4 members (excludes halogenated alkanes) is 7. The van der Waals surface area contributed by atoms with Crippen molar-refractivity contribution in [3.63, 3.8) is 0 Å². The van der Waals surface area contributed by atoms with Gasteiger partial charge >= 0.3 is 15.6 Å². The van der Waals surface area contributed by atoms with E-state index in [4.69, 9.17) is 14.5 Å². The first-order valence-corrected chi connectivity index (χ1v) is 13.6. The van der Waals surface area contributed by atoms with Crippen LogP contribution < -0.4 is 0 Å². The topological polar surface area (TPSA) is 126 Å². The van der Waals surface area contributed by atoms with Gasteiger partial charge in [0.05, 0.1) is 19.3 Å². The Kier molecular flexibility index (Phi) is 13.4. The van der Waals surface area contributed by atoms with Crippen LogP contribution in [0.2, 0.25) is 0 Å². The van der Waals surface area contributed by atoms with Crippen LogP contribution in [-0.4, -0.2) is 34.0 Å². The highest BCUT2D eigenvalue weighted by atomic mass is 31.3. The molecule has 1 heterocycles. The molecule has 3 N–H and O–H groups in total. The Morgan fingerprint density at radius 3 is 2.00 bits per heavy atom. The maximum absolute atomic E-state index is 11.3. The van der Waals surface area contributed by atoms with Gasteiger partial charge in [-0.05, 0) is 18.8 Å². The van der Waals surface area contributed by atoms with Gasteiger partial charge in [0.1, 0.15) is 0 Å². The minimum Gasteiger partial charge on any atom is -0.373 e. The smallest absolute Gasteiger partial charge is 0.373 e. The van der Waals surface area contributed by atoms with Crippen LogP contribution in [0, 0.1) is 5.92 Å². The number of epoxide rings is 1. The van der Waals surface area contributed by atoms with Crippen LogP contribution in [0.25, 0.3) is 0 Å². The summed E-state index contributed by atoms with van der Waals surface area (Å²) in [7, 11) is -9.73. The Bertz CT molecular complexity index is 492. The molecule has 1 aliphatic heterocycles. The van der Waals surface area contributed by atoms with E-state index in [-0.39, 0.29) is 6.61 Å². The lowest BCUT2D eigenvalue weighted by Crippen LogP contribution is -2.01. The van der Waals surface area contributed by atoms with Crippen LogP contribution in [0.15, 0.2) is 0 Å². The first-order chi connectivity index (χ1) is 13.2. The standard InChI is InChI=1S/C18H38O8P2/c1-2-17(12-8-6-4-3-5-7-9-14-18-16-24-18)13-10-11-15-25-28(22,23)26-27(19,20)21/h17-18H,2-16H2,1H3,(H,22,23)(H2,19,20,21). The molecule has 0 bridgehead atoms. The molecule has 28 heavy (non-hydrogen) atoms. The van der Waals surface area contributed by atoms with E-state index in [1.54, 1.807) is 0 Å². The summed E-state index contributed by atoms with van der Waals surface area (Å²) in [5.41, 5.74) is 0. The Hall–Kier alpha value is 0.220. The van der Waals surface area contributed by atoms with Crippen molar-refractivity contribution in [1.82, 2.24) is 0 Å². The second-order valence-corrected chi connectivity index (χ2v) is 10.5. The molecule has 0 aromatic rings. The molecule has 1 rings (SSSR count). The molecule has 0 amide bonds. The lowest BCUT2D eigenvalue weighted by Gasteiger charge is -2.15. The number of phosphoric acid groups is 2. The number of phosphoric ester groups is 1. The first kappa shape index (κ1) is 26.3. The van der Waals surface area contributed by atoms with Crippen molar-refractivity contribution in [1.29, 1.82) is 0 Å². The molecule has 1 aliphatic rings. The van der Waals surface area contributed by atoms with E-state index in [1.807, 2.05) is 0 Å². The third kappa shape index (κ3) is 16.1. The minimum atomic E-state index is -5.03. The first-order valence-electron chi connectivity index (χ1n) is 10.6. The van der Waals surface area contributed by atoms with E-state index in [0.717, 1.165) is 25.9 Å². The van der Waals surface area contributed by atoms with Crippen molar-refractivity contribution in [3.8, 4) is 0 Å². The lowest BCUT2D eigenvalue weighted by molar-refractivity contribution is 0.175. The van der Waals surface area contributed by atoms with Gasteiger partial charge < -0.3 is 19.4 Å². The molecule has 1 saturated heterocycles. The molecule has 0 saturated carbocycles. The predicted octanol–water partition coefficient (Wildman–Crippen LogP) is 5.32.